The molecule has 0 aliphatic heterocycles. The van der Waals surface area contributed by atoms with Gasteiger partial charge in [-0.15, -0.1) is 11.3 Å². The van der Waals surface area contributed by atoms with Crippen LogP contribution in [0.25, 0.3) is 5.69 Å². The second-order valence-corrected chi connectivity index (χ2v) is 6.74. The third kappa shape index (κ3) is 2.98. The number of hydrogen-bond acceptors (Lipinski definition) is 3. The van der Waals surface area contributed by atoms with Gasteiger partial charge in [-0.3, -0.25) is 4.79 Å². The van der Waals surface area contributed by atoms with E-state index in [9.17, 15) is 4.79 Å². The van der Waals surface area contributed by atoms with Gasteiger partial charge in [-0.05, 0) is 53.4 Å². The standard InChI is InChI=1S/C16H14BrN3OS/c1-10-3-5-12(6-4-10)20-14(9-11(2)19-20)18-16(21)15-13(17)7-8-22-15/h3-9H,1-2H3,(H,18,21). The summed E-state index contributed by atoms with van der Waals surface area (Å²) in [5, 5.41) is 9.27. The Balaban J connectivity index is 1.93. The molecule has 0 aliphatic rings. The molecule has 1 amide bonds. The van der Waals surface area contributed by atoms with E-state index in [0.717, 1.165) is 15.9 Å². The minimum absolute atomic E-state index is 0.143. The Hall–Kier alpha value is -1.92. The zero-order valence-corrected chi connectivity index (χ0v) is 14.5. The van der Waals surface area contributed by atoms with Crippen molar-refractivity contribution in [3.63, 3.8) is 0 Å². The van der Waals surface area contributed by atoms with Gasteiger partial charge in [0.2, 0.25) is 0 Å². The van der Waals surface area contributed by atoms with Crippen molar-refractivity contribution in [1.29, 1.82) is 0 Å². The summed E-state index contributed by atoms with van der Waals surface area (Å²) >= 11 is 4.78. The number of thiophene rings is 1. The number of rotatable bonds is 3. The number of hydrogen-bond donors (Lipinski definition) is 1. The smallest absolute Gasteiger partial charge is 0.268 e. The summed E-state index contributed by atoms with van der Waals surface area (Å²) in [6.07, 6.45) is 0. The van der Waals surface area contributed by atoms with Crippen LogP contribution in [0.4, 0.5) is 5.82 Å². The van der Waals surface area contributed by atoms with Gasteiger partial charge >= 0.3 is 0 Å². The number of aryl methyl sites for hydroxylation is 2. The molecule has 2 heterocycles. The summed E-state index contributed by atoms with van der Waals surface area (Å²) in [6, 6.07) is 11.7. The average molecular weight is 376 g/mol. The van der Waals surface area contributed by atoms with Crippen LogP contribution in [-0.4, -0.2) is 15.7 Å². The normalized spacial score (nSPS) is 10.7. The average Bonchev–Trinajstić information content (AvgIpc) is 3.06. The van der Waals surface area contributed by atoms with E-state index in [2.05, 4.69) is 26.3 Å². The summed E-state index contributed by atoms with van der Waals surface area (Å²) in [5.74, 6) is 0.516. The van der Waals surface area contributed by atoms with E-state index in [1.165, 1.54) is 16.9 Å². The highest BCUT2D eigenvalue weighted by molar-refractivity contribution is 9.10. The summed E-state index contributed by atoms with van der Waals surface area (Å²) in [6.45, 7) is 3.94. The third-order valence-corrected chi connectivity index (χ3v) is 5.01. The zero-order chi connectivity index (χ0) is 15.7. The van der Waals surface area contributed by atoms with Crippen molar-refractivity contribution in [2.45, 2.75) is 13.8 Å². The molecule has 3 rings (SSSR count). The molecule has 4 nitrogen and oxygen atoms in total. The van der Waals surface area contributed by atoms with Gasteiger partial charge in [0.1, 0.15) is 10.7 Å². The highest BCUT2D eigenvalue weighted by atomic mass is 79.9. The van der Waals surface area contributed by atoms with E-state index >= 15 is 0 Å². The largest absolute Gasteiger partial charge is 0.306 e. The van der Waals surface area contributed by atoms with E-state index in [1.807, 2.05) is 55.6 Å². The Kier molecular flexibility index (Phi) is 4.13. The molecule has 2 aromatic heterocycles. The van der Waals surface area contributed by atoms with Gasteiger partial charge < -0.3 is 5.32 Å². The number of anilines is 1. The molecule has 112 valence electrons. The molecular weight excluding hydrogens is 362 g/mol. The van der Waals surface area contributed by atoms with Crippen LogP contribution in [-0.2, 0) is 0 Å². The van der Waals surface area contributed by atoms with Crippen molar-refractivity contribution in [2.75, 3.05) is 5.32 Å². The Labute approximate surface area is 140 Å². The third-order valence-electron chi connectivity index (χ3n) is 3.18. The highest BCUT2D eigenvalue weighted by Gasteiger charge is 2.15. The van der Waals surface area contributed by atoms with Crippen LogP contribution in [0.1, 0.15) is 20.9 Å². The summed E-state index contributed by atoms with van der Waals surface area (Å²) < 4.78 is 2.54. The Bertz CT molecular complexity index is 820. The quantitative estimate of drug-likeness (QED) is 0.728. The van der Waals surface area contributed by atoms with Crippen molar-refractivity contribution < 1.29 is 4.79 Å². The summed E-state index contributed by atoms with van der Waals surface area (Å²) in [5.41, 5.74) is 2.95. The van der Waals surface area contributed by atoms with Crippen LogP contribution in [0, 0.1) is 13.8 Å². The molecule has 3 aromatic rings. The molecule has 0 saturated heterocycles. The van der Waals surface area contributed by atoms with Crippen molar-refractivity contribution >= 4 is 39.0 Å². The van der Waals surface area contributed by atoms with Gasteiger partial charge in [-0.25, -0.2) is 4.68 Å². The lowest BCUT2D eigenvalue weighted by atomic mass is 10.2. The van der Waals surface area contributed by atoms with Crippen LogP contribution in [0.5, 0.6) is 0 Å². The number of aromatic nitrogens is 2. The monoisotopic (exact) mass is 375 g/mol. The van der Waals surface area contributed by atoms with Crippen LogP contribution in [0.2, 0.25) is 0 Å². The molecule has 0 bridgehead atoms. The predicted octanol–water partition coefficient (Wildman–Crippen LogP) is 4.57. The van der Waals surface area contributed by atoms with Gasteiger partial charge in [0.25, 0.3) is 5.91 Å². The minimum atomic E-state index is -0.143. The maximum absolute atomic E-state index is 12.4. The maximum atomic E-state index is 12.4. The minimum Gasteiger partial charge on any atom is -0.306 e. The van der Waals surface area contributed by atoms with E-state index in [0.29, 0.717) is 10.7 Å². The number of nitrogens with one attached hydrogen (secondary N) is 1. The fourth-order valence-electron chi connectivity index (χ4n) is 2.10. The molecular formula is C16H14BrN3OS. The Morgan fingerprint density at radius 2 is 1.95 bits per heavy atom. The fourth-order valence-corrected chi connectivity index (χ4v) is 3.55. The maximum Gasteiger partial charge on any atom is 0.268 e. The summed E-state index contributed by atoms with van der Waals surface area (Å²) in [7, 11) is 0. The first-order chi connectivity index (χ1) is 10.5. The molecule has 0 radical (unpaired) electrons. The van der Waals surface area contributed by atoms with E-state index in [-0.39, 0.29) is 5.91 Å². The SMILES string of the molecule is Cc1ccc(-n2nc(C)cc2NC(=O)c2sccc2Br)cc1. The lowest BCUT2D eigenvalue weighted by Crippen LogP contribution is -2.14. The number of carbonyl (C=O) groups excluding carboxylic acids is 1. The number of halogens is 1. The second kappa shape index (κ2) is 6.06. The first-order valence-electron chi connectivity index (χ1n) is 6.72. The molecule has 0 saturated carbocycles. The molecule has 22 heavy (non-hydrogen) atoms. The molecule has 0 unspecified atom stereocenters. The first-order valence-corrected chi connectivity index (χ1v) is 8.40. The molecule has 0 aliphatic carbocycles. The van der Waals surface area contributed by atoms with Crippen LogP contribution < -0.4 is 5.32 Å². The molecule has 0 fully saturated rings. The zero-order valence-electron chi connectivity index (χ0n) is 12.1. The molecule has 1 aromatic carbocycles. The van der Waals surface area contributed by atoms with Crippen LogP contribution in [0.15, 0.2) is 46.3 Å². The van der Waals surface area contributed by atoms with E-state index < -0.39 is 0 Å². The van der Waals surface area contributed by atoms with Crippen LogP contribution in [0.3, 0.4) is 0 Å². The molecule has 0 atom stereocenters. The van der Waals surface area contributed by atoms with Crippen LogP contribution >= 0.6 is 27.3 Å². The Morgan fingerprint density at radius 3 is 2.59 bits per heavy atom. The van der Waals surface area contributed by atoms with E-state index in [1.54, 1.807) is 4.68 Å². The lowest BCUT2D eigenvalue weighted by molar-refractivity contribution is 0.102. The summed E-state index contributed by atoms with van der Waals surface area (Å²) in [4.78, 5) is 13.0. The van der Waals surface area contributed by atoms with E-state index in [4.69, 9.17) is 0 Å². The van der Waals surface area contributed by atoms with Gasteiger partial charge in [-0.1, -0.05) is 17.7 Å². The van der Waals surface area contributed by atoms with Crippen molar-refractivity contribution in [3.05, 3.63) is 62.4 Å². The Morgan fingerprint density at radius 1 is 1.23 bits per heavy atom. The number of benzene rings is 1. The predicted molar refractivity (Wildman–Crippen MR) is 93.0 cm³/mol. The first kappa shape index (κ1) is 15.0. The number of nitrogens with zero attached hydrogens (tertiary/aromatic N) is 2. The van der Waals surface area contributed by atoms with Gasteiger partial charge in [0.15, 0.2) is 0 Å². The number of amides is 1. The van der Waals surface area contributed by atoms with Gasteiger partial charge in [0.05, 0.1) is 11.4 Å². The van der Waals surface area contributed by atoms with Gasteiger partial charge in [0, 0.05) is 10.5 Å². The van der Waals surface area contributed by atoms with Gasteiger partial charge in [-0.2, -0.15) is 5.10 Å². The highest BCUT2D eigenvalue weighted by Crippen LogP contribution is 2.25. The molecule has 1 N–H and O–H groups in total. The lowest BCUT2D eigenvalue weighted by Gasteiger charge is -2.09. The fraction of sp³-hybridized carbons (Fsp3) is 0.125. The van der Waals surface area contributed by atoms with Crippen molar-refractivity contribution in [3.8, 4) is 5.69 Å². The van der Waals surface area contributed by atoms with Crippen molar-refractivity contribution in [2.24, 2.45) is 0 Å². The molecule has 6 heteroatoms. The number of carbonyl (C=O) groups is 1. The second-order valence-electron chi connectivity index (χ2n) is 4.97. The molecule has 0 spiro atoms. The topological polar surface area (TPSA) is 46.9 Å². The van der Waals surface area contributed by atoms with Crippen molar-refractivity contribution in [1.82, 2.24) is 9.78 Å².